The SMILES string of the molecule is COc1cc2c(cc1OC1OC(CO)C(O)C(O)C1O)[C@@H]1Cc3ccc(OC)c(OC4OC(CO)CC(O)C4O)c3CN1CC2. The second-order valence-electron chi connectivity index (χ2n) is 11.9. The summed E-state index contributed by atoms with van der Waals surface area (Å²) in [5.74, 6) is 1.52. The first-order chi connectivity index (χ1) is 21.7. The maximum atomic E-state index is 10.6. The van der Waals surface area contributed by atoms with Crippen LogP contribution in [0.25, 0.3) is 0 Å². The Labute approximate surface area is 259 Å². The molecule has 0 amide bonds. The summed E-state index contributed by atoms with van der Waals surface area (Å²) in [4.78, 5) is 2.28. The quantitative estimate of drug-likeness (QED) is 0.181. The van der Waals surface area contributed by atoms with Gasteiger partial charge in [-0.25, -0.2) is 0 Å². The highest BCUT2D eigenvalue weighted by Gasteiger charge is 2.45. The lowest BCUT2D eigenvalue weighted by molar-refractivity contribution is -0.277. The van der Waals surface area contributed by atoms with Crippen LogP contribution in [0, 0.1) is 0 Å². The highest BCUT2D eigenvalue weighted by Crippen LogP contribution is 2.47. The van der Waals surface area contributed by atoms with Crippen LogP contribution in [-0.2, 0) is 28.9 Å². The summed E-state index contributed by atoms with van der Waals surface area (Å²) in [6.45, 7) is 0.302. The Morgan fingerprint density at radius 1 is 0.800 bits per heavy atom. The van der Waals surface area contributed by atoms with Gasteiger partial charge in [-0.05, 0) is 47.7 Å². The molecule has 14 heteroatoms. The van der Waals surface area contributed by atoms with E-state index in [1.54, 1.807) is 6.07 Å². The summed E-state index contributed by atoms with van der Waals surface area (Å²) >= 11 is 0. The molecule has 2 fully saturated rings. The predicted octanol–water partition coefficient (Wildman–Crippen LogP) is -1.25. The predicted molar refractivity (Wildman–Crippen MR) is 154 cm³/mol. The molecule has 0 aliphatic carbocycles. The van der Waals surface area contributed by atoms with E-state index in [2.05, 4.69) is 4.90 Å². The van der Waals surface area contributed by atoms with Crippen LogP contribution < -0.4 is 18.9 Å². The maximum absolute atomic E-state index is 10.6. The van der Waals surface area contributed by atoms with Crippen LogP contribution in [-0.4, -0.2) is 130 Å². The van der Waals surface area contributed by atoms with Gasteiger partial charge in [0.25, 0.3) is 0 Å². The molecule has 0 aromatic heterocycles. The molecule has 2 saturated heterocycles. The molecular weight excluding hydrogens is 594 g/mol. The molecule has 45 heavy (non-hydrogen) atoms. The van der Waals surface area contributed by atoms with Gasteiger partial charge in [0.15, 0.2) is 23.0 Å². The fourth-order valence-electron chi connectivity index (χ4n) is 6.69. The molecule has 0 radical (unpaired) electrons. The third kappa shape index (κ3) is 5.96. The minimum absolute atomic E-state index is 0.0670. The minimum atomic E-state index is -1.58. The van der Waals surface area contributed by atoms with Crippen molar-refractivity contribution in [3.05, 3.63) is 46.5 Å². The molecule has 2 aromatic rings. The van der Waals surface area contributed by atoms with Crippen molar-refractivity contribution >= 4 is 0 Å². The van der Waals surface area contributed by atoms with E-state index in [1.165, 1.54) is 14.2 Å². The second-order valence-corrected chi connectivity index (χ2v) is 11.9. The van der Waals surface area contributed by atoms with Crippen molar-refractivity contribution in [2.24, 2.45) is 0 Å². The van der Waals surface area contributed by atoms with E-state index >= 15 is 0 Å². The lowest BCUT2D eigenvalue weighted by atomic mass is 9.83. The largest absolute Gasteiger partial charge is 0.493 e. The van der Waals surface area contributed by atoms with E-state index in [4.69, 9.17) is 28.4 Å². The van der Waals surface area contributed by atoms with Crippen LogP contribution >= 0.6 is 0 Å². The van der Waals surface area contributed by atoms with Crippen LogP contribution in [0.4, 0.5) is 0 Å². The zero-order valence-electron chi connectivity index (χ0n) is 25.1. The number of hydrogen-bond donors (Lipinski definition) is 7. The van der Waals surface area contributed by atoms with Crippen LogP contribution in [0.15, 0.2) is 24.3 Å². The molecule has 4 aliphatic heterocycles. The molecule has 2 aromatic carbocycles. The molecule has 248 valence electrons. The van der Waals surface area contributed by atoms with Crippen LogP contribution in [0.2, 0.25) is 0 Å². The van der Waals surface area contributed by atoms with Gasteiger partial charge in [0.2, 0.25) is 12.6 Å². The van der Waals surface area contributed by atoms with Crippen LogP contribution in [0.1, 0.15) is 34.7 Å². The monoisotopic (exact) mass is 635 g/mol. The molecular formula is C31H41NO13. The smallest absolute Gasteiger partial charge is 0.229 e. The maximum Gasteiger partial charge on any atom is 0.229 e. The number of aliphatic hydroxyl groups is 7. The topological polar surface area (TPSA) is 200 Å². The Bertz CT molecular complexity index is 1360. The van der Waals surface area contributed by atoms with Gasteiger partial charge in [-0.3, -0.25) is 4.90 Å². The average Bonchev–Trinajstić information content (AvgIpc) is 3.05. The van der Waals surface area contributed by atoms with Gasteiger partial charge in [-0.2, -0.15) is 0 Å². The Hall–Kier alpha value is -2.76. The molecule has 0 saturated carbocycles. The van der Waals surface area contributed by atoms with Gasteiger partial charge in [0, 0.05) is 31.1 Å². The van der Waals surface area contributed by atoms with Crippen LogP contribution in [0.5, 0.6) is 23.0 Å². The number of fused-ring (bicyclic) bond motifs is 4. The van der Waals surface area contributed by atoms with Crippen LogP contribution in [0.3, 0.4) is 0 Å². The number of hydrogen-bond acceptors (Lipinski definition) is 14. The van der Waals surface area contributed by atoms with Crippen molar-refractivity contribution in [1.29, 1.82) is 0 Å². The van der Waals surface area contributed by atoms with E-state index in [1.807, 2.05) is 18.2 Å². The zero-order valence-corrected chi connectivity index (χ0v) is 25.1. The van der Waals surface area contributed by atoms with Crippen molar-refractivity contribution < 1.29 is 64.2 Å². The summed E-state index contributed by atoms with van der Waals surface area (Å²) in [7, 11) is 3.02. The fraction of sp³-hybridized carbons (Fsp3) is 0.613. The third-order valence-electron chi connectivity index (χ3n) is 9.24. The van der Waals surface area contributed by atoms with Gasteiger partial charge in [0.1, 0.15) is 30.5 Å². The number of rotatable bonds is 8. The van der Waals surface area contributed by atoms with E-state index in [0.29, 0.717) is 36.6 Å². The molecule has 14 nitrogen and oxygen atoms in total. The summed E-state index contributed by atoms with van der Waals surface area (Å²) in [5.41, 5.74) is 3.88. The average molecular weight is 636 g/mol. The molecule has 4 aliphatic rings. The number of ether oxygens (including phenoxy) is 6. The van der Waals surface area contributed by atoms with E-state index < -0.39 is 61.9 Å². The first-order valence-electron chi connectivity index (χ1n) is 15.1. The number of nitrogens with zero attached hydrogens (tertiary/aromatic N) is 1. The molecule has 7 N–H and O–H groups in total. The Kier molecular flexibility index (Phi) is 9.41. The van der Waals surface area contributed by atoms with Crippen molar-refractivity contribution in [3.63, 3.8) is 0 Å². The van der Waals surface area contributed by atoms with Crippen molar-refractivity contribution in [1.82, 2.24) is 4.90 Å². The minimum Gasteiger partial charge on any atom is -0.493 e. The lowest BCUT2D eigenvalue weighted by Crippen LogP contribution is -2.60. The number of aliphatic hydroxyl groups excluding tert-OH is 7. The highest BCUT2D eigenvalue weighted by molar-refractivity contribution is 5.55. The van der Waals surface area contributed by atoms with Crippen molar-refractivity contribution in [2.45, 2.75) is 87.2 Å². The summed E-state index contributed by atoms with van der Waals surface area (Å²) < 4.78 is 34.7. The highest BCUT2D eigenvalue weighted by atomic mass is 16.7. The summed E-state index contributed by atoms with van der Waals surface area (Å²) in [5, 5.41) is 71.1. The lowest BCUT2D eigenvalue weighted by Gasteiger charge is -2.43. The number of benzene rings is 2. The first-order valence-corrected chi connectivity index (χ1v) is 15.1. The van der Waals surface area contributed by atoms with Gasteiger partial charge in [-0.15, -0.1) is 0 Å². The normalized spacial score (nSPS) is 34.7. The molecule has 6 rings (SSSR count). The molecule has 0 bridgehead atoms. The molecule has 10 atom stereocenters. The fourth-order valence-corrected chi connectivity index (χ4v) is 6.69. The summed E-state index contributed by atoms with van der Waals surface area (Å²) in [6.07, 6.45) is -10.1. The zero-order chi connectivity index (χ0) is 32.0. The Balaban J connectivity index is 1.29. The Morgan fingerprint density at radius 3 is 2.27 bits per heavy atom. The van der Waals surface area contributed by atoms with Crippen molar-refractivity contribution in [2.75, 3.05) is 34.0 Å². The van der Waals surface area contributed by atoms with Gasteiger partial charge in [-0.1, -0.05) is 6.07 Å². The van der Waals surface area contributed by atoms with Crippen molar-refractivity contribution in [3.8, 4) is 23.0 Å². The standard InChI is InChI=1S/C31H41NO13/c1-40-21-4-3-14-7-19-17-10-23(43-31-28(39)27(38)26(37)24(13-34)44-31)22(41-2)8-15(17)5-6-32(19)11-18(14)29(21)45-30-25(36)20(35)9-16(12-33)42-30/h3-4,8,10,16,19-20,24-28,30-31,33-39H,5-7,9,11-13H2,1-2H3/t16?,19-,20?,24?,25?,26?,27?,28?,30?,31?/m0/s1. The van der Waals surface area contributed by atoms with Gasteiger partial charge < -0.3 is 64.2 Å². The van der Waals surface area contributed by atoms with Gasteiger partial charge >= 0.3 is 0 Å². The van der Waals surface area contributed by atoms with Gasteiger partial charge in [0.05, 0.1) is 39.6 Å². The second kappa shape index (κ2) is 13.2. The third-order valence-corrected chi connectivity index (χ3v) is 9.24. The van der Waals surface area contributed by atoms with E-state index in [0.717, 1.165) is 28.8 Å². The molecule has 9 unspecified atom stereocenters. The summed E-state index contributed by atoms with van der Waals surface area (Å²) in [6, 6.07) is 7.40. The molecule has 4 heterocycles. The van der Waals surface area contributed by atoms with E-state index in [9.17, 15) is 35.7 Å². The molecule has 0 spiro atoms. The Morgan fingerprint density at radius 2 is 1.56 bits per heavy atom. The first kappa shape index (κ1) is 32.2. The van der Waals surface area contributed by atoms with E-state index in [-0.39, 0.29) is 24.8 Å². The number of methoxy groups -OCH3 is 2.